The Balaban J connectivity index is 2.21. The Morgan fingerprint density at radius 2 is 1.58 bits per heavy atom. The van der Waals surface area contributed by atoms with Crippen LogP contribution in [0.4, 0.5) is 30.7 Å². The van der Waals surface area contributed by atoms with Gasteiger partial charge in [-0.2, -0.15) is 26.3 Å². The van der Waals surface area contributed by atoms with Crippen LogP contribution in [0.25, 0.3) is 5.83 Å². The third-order valence-electron chi connectivity index (χ3n) is 4.88. The van der Waals surface area contributed by atoms with Crippen molar-refractivity contribution >= 4 is 68.4 Å². The van der Waals surface area contributed by atoms with Crippen LogP contribution in [0.1, 0.15) is 47.2 Å². The van der Waals surface area contributed by atoms with Crippen LogP contribution in [0, 0.1) is 0 Å². The highest BCUT2D eigenvalue weighted by Crippen LogP contribution is 2.42. The molecule has 0 heterocycles. The van der Waals surface area contributed by atoms with E-state index in [-0.39, 0.29) is 30.7 Å². The Morgan fingerprint density at radius 1 is 1.00 bits per heavy atom. The van der Waals surface area contributed by atoms with Gasteiger partial charge in [0.25, 0.3) is 5.91 Å². The highest BCUT2D eigenvalue weighted by atomic mass is 79.9. The Morgan fingerprint density at radius 3 is 2.08 bits per heavy atom. The van der Waals surface area contributed by atoms with Crippen molar-refractivity contribution in [2.45, 2.75) is 44.2 Å². The molecular weight excluding hydrogens is 656 g/mol. The van der Waals surface area contributed by atoms with Crippen LogP contribution in [0.2, 0.25) is 15.1 Å². The van der Waals surface area contributed by atoms with Gasteiger partial charge in [0, 0.05) is 16.5 Å². The Kier molecular flexibility index (Phi) is 10.9. The molecule has 2 N–H and O–H groups in total. The third-order valence-corrected chi connectivity index (χ3v) is 6.73. The van der Waals surface area contributed by atoms with Crippen molar-refractivity contribution in [3.8, 4) is 0 Å². The molecule has 38 heavy (non-hydrogen) atoms. The molecule has 0 aromatic heterocycles. The SMILES string of the molecule is CC(NC(=O)CCC(F)(F)F)NC(=O)c1ccc(/C(F)=C/C(c2cc(Cl)c(Cl)c(Cl)c2)C(F)(F)F)cc1Br. The molecule has 2 atom stereocenters. The number of benzene rings is 2. The van der Waals surface area contributed by atoms with Gasteiger partial charge < -0.3 is 10.6 Å². The summed E-state index contributed by atoms with van der Waals surface area (Å²) in [6, 6.07) is 5.06. The maximum Gasteiger partial charge on any atom is 0.399 e. The first-order chi connectivity index (χ1) is 17.4. The molecule has 2 aromatic rings. The first-order valence-electron chi connectivity index (χ1n) is 10.4. The lowest BCUT2D eigenvalue weighted by atomic mass is 9.96. The van der Waals surface area contributed by atoms with Crippen molar-refractivity contribution in [3.63, 3.8) is 0 Å². The van der Waals surface area contributed by atoms with E-state index in [0.29, 0.717) is 6.08 Å². The van der Waals surface area contributed by atoms with Crippen molar-refractivity contribution in [1.29, 1.82) is 0 Å². The average molecular weight is 673 g/mol. The topological polar surface area (TPSA) is 58.2 Å². The average Bonchev–Trinajstić information content (AvgIpc) is 2.77. The summed E-state index contributed by atoms with van der Waals surface area (Å²) >= 11 is 20.5. The van der Waals surface area contributed by atoms with Crippen LogP contribution in [0.3, 0.4) is 0 Å². The van der Waals surface area contributed by atoms with E-state index in [4.69, 9.17) is 34.8 Å². The molecule has 2 rings (SSSR count). The maximum atomic E-state index is 14.9. The van der Waals surface area contributed by atoms with E-state index in [1.54, 1.807) is 0 Å². The number of nitrogens with one attached hydrogen (secondary N) is 2. The quantitative estimate of drug-likeness (QED) is 0.168. The summed E-state index contributed by atoms with van der Waals surface area (Å²) in [6.45, 7) is 1.31. The van der Waals surface area contributed by atoms with Gasteiger partial charge in [-0.25, -0.2) is 4.39 Å². The highest BCUT2D eigenvalue weighted by molar-refractivity contribution is 9.10. The number of carbonyl (C=O) groups is 2. The van der Waals surface area contributed by atoms with Gasteiger partial charge in [0.15, 0.2) is 0 Å². The van der Waals surface area contributed by atoms with Gasteiger partial charge in [0.1, 0.15) is 11.7 Å². The normalized spacial score (nSPS) is 14.2. The van der Waals surface area contributed by atoms with Crippen LogP contribution >= 0.6 is 50.7 Å². The molecule has 0 radical (unpaired) electrons. The second-order valence-electron chi connectivity index (χ2n) is 7.90. The zero-order valence-corrected chi connectivity index (χ0v) is 22.9. The predicted octanol–water partition coefficient (Wildman–Crippen LogP) is 8.60. The summed E-state index contributed by atoms with van der Waals surface area (Å²) in [6.07, 6.45) is -12.3. The summed E-state index contributed by atoms with van der Waals surface area (Å²) in [7, 11) is 0. The van der Waals surface area contributed by atoms with Gasteiger partial charge in [-0.1, -0.05) is 40.9 Å². The van der Waals surface area contributed by atoms with Gasteiger partial charge in [-0.3, -0.25) is 9.59 Å². The van der Waals surface area contributed by atoms with Crippen LogP contribution in [-0.2, 0) is 4.79 Å². The number of alkyl halides is 6. The molecule has 0 fully saturated rings. The second kappa shape index (κ2) is 12.9. The molecule has 2 amide bonds. The zero-order valence-electron chi connectivity index (χ0n) is 19.0. The largest absolute Gasteiger partial charge is 0.399 e. The molecule has 208 valence electrons. The van der Waals surface area contributed by atoms with Crippen LogP contribution < -0.4 is 10.6 Å². The molecular formula is C23H17BrCl3F7N2O2. The number of rotatable bonds is 8. The zero-order chi connectivity index (χ0) is 29.0. The number of halogens is 11. The molecule has 0 spiro atoms. The smallest absolute Gasteiger partial charge is 0.336 e. The molecule has 0 saturated carbocycles. The van der Waals surface area contributed by atoms with Crippen LogP contribution in [-0.4, -0.2) is 30.3 Å². The molecule has 0 saturated heterocycles. The van der Waals surface area contributed by atoms with Crippen molar-refractivity contribution in [2.24, 2.45) is 0 Å². The lowest BCUT2D eigenvalue weighted by Gasteiger charge is -2.19. The highest BCUT2D eigenvalue weighted by Gasteiger charge is 2.40. The fourth-order valence-corrected chi connectivity index (χ4v) is 4.28. The predicted molar refractivity (Wildman–Crippen MR) is 134 cm³/mol. The molecule has 4 nitrogen and oxygen atoms in total. The van der Waals surface area contributed by atoms with Gasteiger partial charge in [-0.05, 0) is 58.8 Å². The van der Waals surface area contributed by atoms with E-state index in [9.17, 15) is 40.3 Å². The van der Waals surface area contributed by atoms with Gasteiger partial charge in [0.05, 0.1) is 33.2 Å². The lowest BCUT2D eigenvalue weighted by molar-refractivity contribution is -0.144. The molecule has 2 unspecified atom stereocenters. The fraction of sp³-hybridized carbons (Fsp3) is 0.304. The van der Waals surface area contributed by atoms with Crippen molar-refractivity contribution in [1.82, 2.24) is 10.6 Å². The van der Waals surface area contributed by atoms with Crippen molar-refractivity contribution in [2.75, 3.05) is 0 Å². The number of carbonyl (C=O) groups excluding carboxylic acids is 2. The Labute approximate surface area is 235 Å². The minimum Gasteiger partial charge on any atom is -0.336 e. The minimum absolute atomic E-state index is 0.00668. The molecule has 15 heteroatoms. The fourth-order valence-electron chi connectivity index (χ4n) is 3.10. The Hall–Kier alpha value is -2.02. The second-order valence-corrected chi connectivity index (χ2v) is 9.95. The first-order valence-corrected chi connectivity index (χ1v) is 12.4. The summed E-state index contributed by atoms with van der Waals surface area (Å²) in [5.41, 5.74) is -0.836. The van der Waals surface area contributed by atoms with Crippen molar-refractivity contribution < 1.29 is 40.3 Å². The monoisotopic (exact) mass is 670 g/mol. The van der Waals surface area contributed by atoms with Crippen LogP contribution in [0.5, 0.6) is 0 Å². The van der Waals surface area contributed by atoms with Gasteiger partial charge in [-0.15, -0.1) is 0 Å². The van der Waals surface area contributed by atoms with E-state index in [2.05, 4.69) is 26.6 Å². The van der Waals surface area contributed by atoms with Crippen molar-refractivity contribution in [3.05, 3.63) is 72.6 Å². The van der Waals surface area contributed by atoms with E-state index in [0.717, 1.165) is 30.3 Å². The summed E-state index contributed by atoms with van der Waals surface area (Å²) in [4.78, 5) is 24.1. The summed E-state index contributed by atoms with van der Waals surface area (Å²) in [5, 5.41) is 3.85. The third kappa shape index (κ3) is 9.32. The molecule has 2 aromatic carbocycles. The van der Waals surface area contributed by atoms with E-state index in [1.165, 1.54) is 6.92 Å². The van der Waals surface area contributed by atoms with Gasteiger partial charge in [0.2, 0.25) is 5.91 Å². The van der Waals surface area contributed by atoms with E-state index >= 15 is 0 Å². The molecule has 0 aliphatic carbocycles. The number of hydrogen-bond acceptors (Lipinski definition) is 2. The molecule has 0 bridgehead atoms. The maximum absolute atomic E-state index is 14.9. The summed E-state index contributed by atoms with van der Waals surface area (Å²) in [5.74, 6) is -5.44. The minimum atomic E-state index is -4.92. The summed E-state index contributed by atoms with van der Waals surface area (Å²) < 4.78 is 92.8. The molecule has 0 aliphatic heterocycles. The van der Waals surface area contributed by atoms with Gasteiger partial charge >= 0.3 is 12.4 Å². The number of amides is 2. The van der Waals surface area contributed by atoms with Crippen LogP contribution in [0.15, 0.2) is 40.9 Å². The number of allylic oxidation sites excluding steroid dienone is 1. The number of hydrogen-bond donors (Lipinski definition) is 2. The van der Waals surface area contributed by atoms with E-state index < -0.39 is 60.5 Å². The van der Waals surface area contributed by atoms with E-state index in [1.807, 2.05) is 0 Å². The molecule has 0 aliphatic rings. The Bertz CT molecular complexity index is 1210. The lowest BCUT2D eigenvalue weighted by Crippen LogP contribution is -2.46. The first kappa shape index (κ1) is 32.2. The standard InChI is InChI=1S/C23H17BrCl3F7N2O2/c1-10(35-19(37)4-5-22(29,30)31)36-21(38)13-3-2-11(6-15(13)24)18(28)9-14(23(32,33)34)12-7-16(25)20(27)17(26)8-12/h2-3,6-10,14H,4-5H2,1H3,(H,35,37)(H,36,38)/b18-9-.